The second-order valence-corrected chi connectivity index (χ2v) is 9.58. The van der Waals surface area contributed by atoms with Crippen molar-refractivity contribution >= 4 is 39.4 Å². The number of aryl methyl sites for hydroxylation is 1. The fourth-order valence-corrected chi connectivity index (χ4v) is 4.61. The molecule has 0 unspecified atom stereocenters. The first-order chi connectivity index (χ1) is 17.5. The molecule has 5 aromatic rings. The lowest BCUT2D eigenvalue weighted by molar-refractivity contribution is -0.121. The zero-order valence-corrected chi connectivity index (χ0v) is 20.3. The monoisotopic (exact) mass is 502 g/mol. The summed E-state index contributed by atoms with van der Waals surface area (Å²) in [6, 6.07) is 13.2. The molecule has 1 N–H and O–H groups in total. The first-order valence-electron chi connectivity index (χ1n) is 11.8. The van der Waals surface area contributed by atoms with Crippen molar-refractivity contribution in [3.05, 3.63) is 87.0 Å². The summed E-state index contributed by atoms with van der Waals surface area (Å²) in [4.78, 5) is 35.6. The van der Waals surface area contributed by atoms with Crippen LogP contribution in [0.5, 0.6) is 0 Å². The molecular weight excluding hydrogens is 480 g/mol. The number of halogens is 1. The van der Waals surface area contributed by atoms with E-state index in [0.29, 0.717) is 33.7 Å². The minimum atomic E-state index is -0.279. The lowest BCUT2D eigenvalue weighted by Gasteiger charge is -2.10. The molecule has 6 rings (SSSR count). The van der Waals surface area contributed by atoms with E-state index in [2.05, 4.69) is 20.4 Å². The molecule has 0 bridgehead atoms. The molecule has 1 aliphatic rings. The Kier molecular flexibility index (Phi) is 5.56. The molecule has 10 heteroatoms. The van der Waals surface area contributed by atoms with E-state index in [1.165, 1.54) is 10.9 Å². The topological polar surface area (TPSA) is 108 Å². The molecule has 0 spiro atoms. The van der Waals surface area contributed by atoms with Crippen LogP contribution in [0.2, 0.25) is 5.02 Å². The molecular formula is C26H23ClN6O3. The van der Waals surface area contributed by atoms with Gasteiger partial charge in [0.1, 0.15) is 24.1 Å². The van der Waals surface area contributed by atoms with Gasteiger partial charge in [-0.25, -0.2) is 4.98 Å². The maximum atomic E-state index is 13.6. The highest BCUT2D eigenvalue weighted by Gasteiger charge is 2.29. The molecule has 3 aromatic heterocycles. The highest BCUT2D eigenvalue weighted by Crippen LogP contribution is 2.38. The first-order valence-corrected chi connectivity index (χ1v) is 12.2. The Hall–Kier alpha value is -3.98. The molecule has 1 fully saturated rings. The van der Waals surface area contributed by atoms with E-state index in [1.807, 2.05) is 43.3 Å². The number of aromatic nitrogens is 5. The molecule has 0 atom stereocenters. The molecule has 182 valence electrons. The van der Waals surface area contributed by atoms with Gasteiger partial charge < -0.3 is 14.4 Å². The largest absolute Gasteiger partial charge is 0.350 e. The summed E-state index contributed by atoms with van der Waals surface area (Å²) in [6.45, 7) is 2.34. The summed E-state index contributed by atoms with van der Waals surface area (Å²) in [7, 11) is 0. The van der Waals surface area contributed by atoms with Gasteiger partial charge in [0, 0.05) is 22.9 Å². The molecule has 0 radical (unpaired) electrons. The van der Waals surface area contributed by atoms with Crippen molar-refractivity contribution in [2.75, 3.05) is 0 Å². The van der Waals surface area contributed by atoms with Gasteiger partial charge in [-0.2, -0.15) is 4.98 Å². The van der Waals surface area contributed by atoms with Crippen LogP contribution >= 0.6 is 11.6 Å². The zero-order chi connectivity index (χ0) is 24.8. The molecule has 1 saturated carbocycles. The number of nitrogens with zero attached hydrogens (tertiary/aromatic N) is 5. The maximum Gasteiger partial charge on any atom is 0.278 e. The Morgan fingerprint density at radius 1 is 1.22 bits per heavy atom. The normalized spacial score (nSPS) is 13.5. The number of nitrogens with one attached hydrogen (secondary N) is 1. The van der Waals surface area contributed by atoms with Gasteiger partial charge in [-0.05, 0) is 43.5 Å². The SMILES string of the molecule is Cc1ccc2c(c1)c1ncn(Cc3nc(C4CC4)no3)c(=O)c1n2CC(=O)NCc1ccccc1Cl. The lowest BCUT2D eigenvalue weighted by atomic mass is 10.1. The van der Waals surface area contributed by atoms with Crippen molar-refractivity contribution in [3.63, 3.8) is 0 Å². The Labute approximate surface area is 210 Å². The first kappa shape index (κ1) is 22.5. The highest BCUT2D eigenvalue weighted by molar-refractivity contribution is 6.31. The van der Waals surface area contributed by atoms with Crippen molar-refractivity contribution in [1.29, 1.82) is 0 Å². The zero-order valence-electron chi connectivity index (χ0n) is 19.6. The van der Waals surface area contributed by atoms with Crippen LogP contribution in [-0.4, -0.2) is 30.2 Å². The molecule has 0 saturated heterocycles. The van der Waals surface area contributed by atoms with Crippen LogP contribution in [0.3, 0.4) is 0 Å². The number of benzene rings is 2. The molecule has 3 heterocycles. The predicted molar refractivity (Wildman–Crippen MR) is 135 cm³/mol. The highest BCUT2D eigenvalue weighted by atomic mass is 35.5. The third kappa shape index (κ3) is 4.15. The van der Waals surface area contributed by atoms with Crippen molar-refractivity contribution < 1.29 is 9.32 Å². The summed E-state index contributed by atoms with van der Waals surface area (Å²) in [5, 5.41) is 8.34. The van der Waals surface area contributed by atoms with Crippen molar-refractivity contribution in [2.45, 2.75) is 45.3 Å². The van der Waals surface area contributed by atoms with E-state index in [1.54, 1.807) is 10.6 Å². The quantitative estimate of drug-likeness (QED) is 0.361. The molecule has 1 aliphatic carbocycles. The number of fused-ring (bicyclic) bond motifs is 3. The molecule has 1 amide bonds. The van der Waals surface area contributed by atoms with E-state index in [4.69, 9.17) is 16.1 Å². The van der Waals surface area contributed by atoms with Gasteiger partial charge in [0.25, 0.3) is 5.56 Å². The Bertz CT molecular complexity index is 1680. The smallest absolute Gasteiger partial charge is 0.278 e. The average Bonchev–Trinajstić information content (AvgIpc) is 3.54. The van der Waals surface area contributed by atoms with E-state index in [9.17, 15) is 9.59 Å². The van der Waals surface area contributed by atoms with Crippen molar-refractivity contribution in [2.24, 2.45) is 0 Å². The van der Waals surface area contributed by atoms with E-state index in [0.717, 1.165) is 34.9 Å². The third-order valence-electron chi connectivity index (χ3n) is 6.45. The summed E-state index contributed by atoms with van der Waals surface area (Å²) in [5.41, 5.74) is 3.25. The van der Waals surface area contributed by atoms with Crippen LogP contribution in [0.25, 0.3) is 21.9 Å². The van der Waals surface area contributed by atoms with Gasteiger partial charge in [-0.15, -0.1) is 0 Å². The standard InChI is InChI=1S/C26H23ClN6O3/c1-15-6-9-20-18(10-15)23-24(33(20)12-21(34)28-11-17-4-2-3-5-19(17)27)26(35)32(14-29-23)13-22-30-25(31-36-22)16-7-8-16/h2-6,9-10,14,16H,7-8,11-13H2,1H3,(H,28,34). The van der Waals surface area contributed by atoms with Gasteiger partial charge in [0.05, 0.1) is 11.8 Å². The summed E-state index contributed by atoms with van der Waals surface area (Å²) in [5.74, 6) is 1.16. The Morgan fingerprint density at radius 3 is 2.86 bits per heavy atom. The van der Waals surface area contributed by atoms with Crippen LogP contribution in [0.15, 0.2) is 58.1 Å². The fraction of sp³-hybridized carbons (Fsp3) is 0.269. The number of carbonyl (C=O) groups is 1. The van der Waals surface area contributed by atoms with Gasteiger partial charge in [-0.1, -0.05) is 46.6 Å². The Balaban J connectivity index is 1.36. The fourth-order valence-electron chi connectivity index (χ4n) is 4.41. The van der Waals surface area contributed by atoms with Gasteiger partial charge in [0.15, 0.2) is 5.82 Å². The predicted octanol–water partition coefficient (Wildman–Crippen LogP) is 3.94. The number of rotatable bonds is 7. The minimum Gasteiger partial charge on any atom is -0.350 e. The van der Waals surface area contributed by atoms with Gasteiger partial charge >= 0.3 is 0 Å². The summed E-state index contributed by atoms with van der Waals surface area (Å²) < 4.78 is 8.52. The second kappa shape index (κ2) is 8.91. The molecule has 2 aromatic carbocycles. The summed E-state index contributed by atoms with van der Waals surface area (Å²) in [6.07, 6.45) is 3.62. The number of hydrogen-bond acceptors (Lipinski definition) is 6. The van der Waals surface area contributed by atoms with E-state index >= 15 is 0 Å². The van der Waals surface area contributed by atoms with E-state index < -0.39 is 0 Å². The number of hydrogen-bond donors (Lipinski definition) is 1. The average molecular weight is 503 g/mol. The Morgan fingerprint density at radius 2 is 2.06 bits per heavy atom. The van der Waals surface area contributed by atoms with E-state index in [-0.39, 0.29) is 31.1 Å². The van der Waals surface area contributed by atoms with Crippen LogP contribution in [0, 0.1) is 6.92 Å². The van der Waals surface area contributed by atoms with Crippen LogP contribution < -0.4 is 10.9 Å². The maximum absolute atomic E-state index is 13.6. The number of amides is 1. The van der Waals surface area contributed by atoms with Crippen molar-refractivity contribution in [3.8, 4) is 0 Å². The molecule has 36 heavy (non-hydrogen) atoms. The molecule has 0 aliphatic heterocycles. The van der Waals surface area contributed by atoms with Crippen LogP contribution in [0.1, 0.15) is 41.6 Å². The third-order valence-corrected chi connectivity index (χ3v) is 6.82. The summed E-state index contributed by atoms with van der Waals surface area (Å²) >= 11 is 6.22. The molecule has 9 nitrogen and oxygen atoms in total. The van der Waals surface area contributed by atoms with Crippen molar-refractivity contribution in [1.82, 2.24) is 29.6 Å². The van der Waals surface area contributed by atoms with Gasteiger partial charge in [-0.3, -0.25) is 14.2 Å². The lowest BCUT2D eigenvalue weighted by Crippen LogP contribution is -2.29. The minimum absolute atomic E-state index is 0.0408. The van der Waals surface area contributed by atoms with Crippen LogP contribution in [0.4, 0.5) is 0 Å². The van der Waals surface area contributed by atoms with Gasteiger partial charge in [0.2, 0.25) is 11.8 Å². The van der Waals surface area contributed by atoms with Crippen LogP contribution in [-0.2, 0) is 24.4 Å². The number of carbonyl (C=O) groups excluding carboxylic acids is 1. The second-order valence-electron chi connectivity index (χ2n) is 9.17.